The van der Waals surface area contributed by atoms with E-state index in [1.165, 1.54) is 0 Å². The molecule has 0 aliphatic carbocycles. The Bertz CT molecular complexity index is 772. The first-order chi connectivity index (χ1) is 9.74. The molecule has 0 aliphatic rings. The van der Waals surface area contributed by atoms with Gasteiger partial charge in [0.25, 0.3) is 0 Å². The molecule has 0 spiro atoms. The topological polar surface area (TPSA) is 39.9 Å². The Morgan fingerprint density at radius 2 is 2.20 bits per heavy atom. The quantitative estimate of drug-likeness (QED) is 0.671. The average molecular weight is 353 g/mol. The zero-order chi connectivity index (χ0) is 14.1. The minimum atomic E-state index is 0.319. The van der Waals surface area contributed by atoms with Crippen LogP contribution in [-0.4, -0.2) is 21.6 Å². The fraction of sp³-hybridized carbons (Fsp3) is 0.143. The molecular weight excluding hydrogens is 342 g/mol. The summed E-state index contributed by atoms with van der Waals surface area (Å²) in [7, 11) is 1.64. The number of methoxy groups -OCH3 is 1. The van der Waals surface area contributed by atoms with Crippen LogP contribution in [0.15, 0.2) is 41.0 Å². The van der Waals surface area contributed by atoms with Gasteiger partial charge in [-0.05, 0) is 46.3 Å². The first kappa shape index (κ1) is 13.4. The van der Waals surface area contributed by atoms with Crippen molar-refractivity contribution in [1.29, 1.82) is 0 Å². The first-order valence-electron chi connectivity index (χ1n) is 5.97. The Kier molecular flexibility index (Phi) is 3.63. The van der Waals surface area contributed by atoms with Crippen LogP contribution in [0.5, 0.6) is 5.75 Å². The van der Waals surface area contributed by atoms with Crippen LogP contribution in [0.4, 0.5) is 0 Å². The molecule has 2 heterocycles. The molecule has 0 saturated heterocycles. The minimum Gasteiger partial charge on any atom is -0.496 e. The Morgan fingerprint density at radius 3 is 2.90 bits per heavy atom. The second-order valence-electron chi connectivity index (χ2n) is 4.16. The number of aromatic nitrogens is 3. The molecule has 1 aromatic carbocycles. The van der Waals surface area contributed by atoms with Crippen LogP contribution in [0.25, 0.3) is 16.9 Å². The second-order valence-corrected chi connectivity index (χ2v) is 5.28. The third kappa shape index (κ3) is 2.17. The third-order valence-corrected chi connectivity index (χ3v) is 3.86. The van der Waals surface area contributed by atoms with Crippen molar-refractivity contribution in [3.05, 3.63) is 46.8 Å². The fourth-order valence-corrected chi connectivity index (χ4v) is 2.82. The zero-order valence-electron chi connectivity index (χ0n) is 10.7. The lowest BCUT2D eigenvalue weighted by atomic mass is 10.3. The summed E-state index contributed by atoms with van der Waals surface area (Å²) >= 11 is 9.50. The van der Waals surface area contributed by atoms with Gasteiger partial charge >= 0.3 is 0 Å². The summed E-state index contributed by atoms with van der Waals surface area (Å²) in [5.74, 6) is 1.86. The van der Waals surface area contributed by atoms with Gasteiger partial charge < -0.3 is 4.74 Å². The number of rotatable bonds is 3. The number of pyridine rings is 1. The van der Waals surface area contributed by atoms with Crippen LogP contribution in [0.1, 0.15) is 5.82 Å². The van der Waals surface area contributed by atoms with E-state index in [0.717, 1.165) is 32.9 Å². The molecule has 0 unspecified atom stereocenters. The number of hydrogen-bond acceptors (Lipinski definition) is 3. The molecule has 6 heteroatoms. The predicted octanol–water partition coefficient (Wildman–Crippen LogP) is 3.93. The number of alkyl halides is 1. The molecule has 3 rings (SSSR count). The summed E-state index contributed by atoms with van der Waals surface area (Å²) in [5.41, 5.74) is 2.56. The van der Waals surface area contributed by atoms with Gasteiger partial charge in [-0.2, -0.15) is 0 Å². The molecule has 0 bridgehead atoms. The molecule has 3 aromatic rings. The van der Waals surface area contributed by atoms with Crippen LogP contribution >= 0.6 is 27.5 Å². The van der Waals surface area contributed by atoms with Crippen molar-refractivity contribution in [3.8, 4) is 11.4 Å². The average Bonchev–Trinajstić information content (AvgIpc) is 2.85. The maximum atomic E-state index is 6.00. The molecule has 102 valence electrons. The Balaban J connectivity index is 2.25. The van der Waals surface area contributed by atoms with E-state index in [0.29, 0.717) is 5.88 Å². The van der Waals surface area contributed by atoms with Crippen molar-refractivity contribution in [2.75, 3.05) is 7.11 Å². The van der Waals surface area contributed by atoms with Crippen molar-refractivity contribution in [2.45, 2.75) is 5.88 Å². The highest BCUT2D eigenvalue weighted by atomic mass is 79.9. The minimum absolute atomic E-state index is 0.319. The van der Waals surface area contributed by atoms with E-state index < -0.39 is 0 Å². The van der Waals surface area contributed by atoms with Crippen LogP contribution in [0, 0.1) is 0 Å². The van der Waals surface area contributed by atoms with E-state index in [9.17, 15) is 0 Å². The highest BCUT2D eigenvalue weighted by molar-refractivity contribution is 9.10. The molecule has 20 heavy (non-hydrogen) atoms. The van der Waals surface area contributed by atoms with Gasteiger partial charge in [0.05, 0.1) is 23.1 Å². The smallest absolute Gasteiger partial charge is 0.164 e. The molecular formula is C14H11BrClN3O. The van der Waals surface area contributed by atoms with E-state index in [-0.39, 0.29) is 0 Å². The van der Waals surface area contributed by atoms with Gasteiger partial charge in [0.2, 0.25) is 0 Å². The third-order valence-electron chi connectivity index (χ3n) is 3.00. The number of imidazole rings is 1. The summed E-state index contributed by atoms with van der Waals surface area (Å²) in [6, 6.07) is 9.60. The van der Waals surface area contributed by atoms with Crippen molar-refractivity contribution < 1.29 is 4.74 Å². The van der Waals surface area contributed by atoms with Gasteiger partial charge in [0.1, 0.15) is 17.1 Å². The highest BCUT2D eigenvalue weighted by Gasteiger charge is 2.13. The van der Waals surface area contributed by atoms with E-state index in [1.807, 2.05) is 34.9 Å². The highest BCUT2D eigenvalue weighted by Crippen LogP contribution is 2.29. The molecule has 0 N–H and O–H groups in total. The number of halogens is 2. The summed E-state index contributed by atoms with van der Waals surface area (Å²) in [6.45, 7) is 0. The van der Waals surface area contributed by atoms with Gasteiger partial charge in [0, 0.05) is 6.20 Å². The van der Waals surface area contributed by atoms with Gasteiger partial charge in [0.15, 0.2) is 5.65 Å². The van der Waals surface area contributed by atoms with Crippen LogP contribution in [0.3, 0.4) is 0 Å². The Labute approximate surface area is 129 Å². The summed E-state index contributed by atoms with van der Waals surface area (Å²) in [6.07, 6.45) is 1.75. The summed E-state index contributed by atoms with van der Waals surface area (Å²) < 4.78 is 8.07. The molecule has 0 aliphatic heterocycles. The second kappa shape index (κ2) is 5.42. The summed E-state index contributed by atoms with van der Waals surface area (Å²) in [4.78, 5) is 8.90. The predicted molar refractivity (Wildman–Crippen MR) is 82.7 cm³/mol. The Morgan fingerprint density at radius 1 is 1.35 bits per heavy atom. The monoisotopic (exact) mass is 351 g/mol. The lowest BCUT2D eigenvalue weighted by molar-refractivity contribution is 0.412. The molecule has 4 nitrogen and oxygen atoms in total. The standard InChI is InChI=1S/C14H11BrClN3O/c1-20-12-5-4-9(7-10(12)15)19-13(8-16)18-11-3-2-6-17-14(11)19/h2-7H,8H2,1H3. The van der Waals surface area contributed by atoms with Crippen LogP contribution < -0.4 is 4.74 Å². The fourth-order valence-electron chi connectivity index (χ4n) is 2.11. The van der Waals surface area contributed by atoms with Gasteiger partial charge in [-0.1, -0.05) is 0 Å². The van der Waals surface area contributed by atoms with Crippen LogP contribution in [0.2, 0.25) is 0 Å². The largest absolute Gasteiger partial charge is 0.496 e. The van der Waals surface area contributed by atoms with E-state index >= 15 is 0 Å². The van der Waals surface area contributed by atoms with E-state index in [2.05, 4.69) is 25.9 Å². The number of hydrogen-bond donors (Lipinski definition) is 0. The number of nitrogens with zero attached hydrogens (tertiary/aromatic N) is 3. The number of fused-ring (bicyclic) bond motifs is 1. The molecule has 2 aromatic heterocycles. The normalized spacial score (nSPS) is 10.9. The van der Waals surface area contributed by atoms with Crippen molar-refractivity contribution in [2.24, 2.45) is 0 Å². The molecule has 0 radical (unpaired) electrons. The maximum Gasteiger partial charge on any atom is 0.164 e. The van der Waals surface area contributed by atoms with Crippen molar-refractivity contribution in [3.63, 3.8) is 0 Å². The molecule has 0 atom stereocenters. The van der Waals surface area contributed by atoms with Crippen molar-refractivity contribution >= 4 is 38.7 Å². The molecule has 0 fully saturated rings. The number of benzene rings is 1. The zero-order valence-corrected chi connectivity index (χ0v) is 13.0. The van der Waals surface area contributed by atoms with E-state index in [1.54, 1.807) is 13.3 Å². The first-order valence-corrected chi connectivity index (χ1v) is 7.29. The van der Waals surface area contributed by atoms with Gasteiger partial charge in [-0.25, -0.2) is 9.97 Å². The molecule has 0 saturated carbocycles. The summed E-state index contributed by atoms with van der Waals surface area (Å²) in [5, 5.41) is 0. The van der Waals surface area contributed by atoms with Crippen LogP contribution in [-0.2, 0) is 5.88 Å². The van der Waals surface area contributed by atoms with Gasteiger partial charge in [-0.3, -0.25) is 4.57 Å². The number of ether oxygens (including phenoxy) is 1. The van der Waals surface area contributed by atoms with E-state index in [4.69, 9.17) is 16.3 Å². The SMILES string of the molecule is COc1ccc(-n2c(CCl)nc3cccnc32)cc1Br. The lowest BCUT2D eigenvalue weighted by Crippen LogP contribution is -2.00. The van der Waals surface area contributed by atoms with Gasteiger partial charge in [-0.15, -0.1) is 11.6 Å². The van der Waals surface area contributed by atoms with Crippen molar-refractivity contribution in [1.82, 2.24) is 14.5 Å². The molecule has 0 amide bonds. The lowest BCUT2D eigenvalue weighted by Gasteiger charge is -2.09. The Hall–Kier alpha value is -1.59. The maximum absolute atomic E-state index is 6.00.